The van der Waals surface area contributed by atoms with E-state index in [4.69, 9.17) is 9.47 Å². The Balaban J connectivity index is 1.91. The van der Waals surface area contributed by atoms with Crippen molar-refractivity contribution in [3.8, 4) is 11.5 Å². The predicted octanol–water partition coefficient (Wildman–Crippen LogP) is 4.46. The highest BCUT2D eigenvalue weighted by atomic mass is 16.7. The minimum atomic E-state index is -0.729. The largest absolute Gasteiger partial charge is 0.519 e. The fraction of sp³-hybridized carbons (Fsp3) is 0.235. The van der Waals surface area contributed by atoms with Gasteiger partial charge in [-0.05, 0) is 42.2 Å². The van der Waals surface area contributed by atoms with Crippen LogP contribution in [0.15, 0.2) is 54.6 Å². The molecule has 104 valence electrons. The zero-order valence-corrected chi connectivity index (χ0v) is 11.7. The summed E-state index contributed by atoms with van der Waals surface area (Å²) in [5, 5.41) is 0. The molecule has 0 saturated carbocycles. The standard InChI is InChI=1S/C17H18O3/c1-13(2)12-14-8-10-16(11-9-14)20-17(18)19-15-6-4-3-5-7-15/h3-11,13H,12H2,1-2H3. The monoisotopic (exact) mass is 270 g/mol. The summed E-state index contributed by atoms with van der Waals surface area (Å²) < 4.78 is 10.2. The zero-order chi connectivity index (χ0) is 14.4. The van der Waals surface area contributed by atoms with Gasteiger partial charge in [-0.25, -0.2) is 4.79 Å². The molecule has 0 atom stereocenters. The SMILES string of the molecule is CC(C)Cc1ccc(OC(=O)Oc2ccccc2)cc1. The van der Waals surface area contributed by atoms with Crippen LogP contribution >= 0.6 is 0 Å². The molecule has 2 aromatic rings. The summed E-state index contributed by atoms with van der Waals surface area (Å²) in [6.45, 7) is 4.34. The maximum atomic E-state index is 11.6. The molecule has 0 aromatic heterocycles. The highest BCUT2D eigenvalue weighted by Gasteiger charge is 2.07. The van der Waals surface area contributed by atoms with E-state index in [2.05, 4.69) is 13.8 Å². The molecule has 0 saturated heterocycles. The third-order valence-electron chi connectivity index (χ3n) is 2.71. The number of benzene rings is 2. The number of hydrogen-bond acceptors (Lipinski definition) is 3. The van der Waals surface area contributed by atoms with Crippen molar-refractivity contribution in [1.82, 2.24) is 0 Å². The Hall–Kier alpha value is -2.29. The van der Waals surface area contributed by atoms with Crippen LogP contribution in [-0.2, 0) is 6.42 Å². The second-order valence-corrected chi connectivity index (χ2v) is 5.01. The number of hydrogen-bond donors (Lipinski definition) is 0. The Morgan fingerprint density at radius 3 is 2.00 bits per heavy atom. The Bertz CT molecular complexity index is 544. The van der Waals surface area contributed by atoms with Crippen molar-refractivity contribution < 1.29 is 14.3 Å². The summed E-state index contributed by atoms with van der Waals surface area (Å²) in [6.07, 6.45) is 0.280. The first-order valence-electron chi connectivity index (χ1n) is 6.67. The molecule has 20 heavy (non-hydrogen) atoms. The fourth-order valence-corrected chi connectivity index (χ4v) is 1.87. The summed E-state index contributed by atoms with van der Waals surface area (Å²) in [4.78, 5) is 11.6. The quantitative estimate of drug-likeness (QED) is 0.607. The number of carbonyl (C=O) groups is 1. The first kappa shape index (κ1) is 14.1. The average molecular weight is 270 g/mol. The van der Waals surface area contributed by atoms with Crippen LogP contribution in [0.1, 0.15) is 19.4 Å². The van der Waals surface area contributed by atoms with Crippen LogP contribution in [0.3, 0.4) is 0 Å². The Labute approximate surface area is 119 Å². The molecule has 0 aliphatic heterocycles. The second kappa shape index (κ2) is 6.75. The molecular formula is C17H18O3. The van der Waals surface area contributed by atoms with Crippen LogP contribution in [0.2, 0.25) is 0 Å². The van der Waals surface area contributed by atoms with Crippen molar-refractivity contribution in [2.75, 3.05) is 0 Å². The normalized spacial score (nSPS) is 10.3. The third-order valence-corrected chi connectivity index (χ3v) is 2.71. The van der Waals surface area contributed by atoms with E-state index in [1.165, 1.54) is 5.56 Å². The van der Waals surface area contributed by atoms with E-state index < -0.39 is 6.16 Å². The Morgan fingerprint density at radius 1 is 0.900 bits per heavy atom. The maximum Gasteiger partial charge on any atom is 0.519 e. The van der Waals surface area contributed by atoms with Gasteiger partial charge >= 0.3 is 6.16 Å². The third kappa shape index (κ3) is 4.43. The van der Waals surface area contributed by atoms with Crippen LogP contribution in [0.4, 0.5) is 4.79 Å². The molecule has 0 aliphatic rings. The summed E-state index contributed by atoms with van der Waals surface area (Å²) in [7, 11) is 0. The molecule has 0 aliphatic carbocycles. The van der Waals surface area contributed by atoms with E-state index in [0.29, 0.717) is 17.4 Å². The van der Waals surface area contributed by atoms with Crippen molar-refractivity contribution in [2.24, 2.45) is 5.92 Å². The van der Waals surface area contributed by atoms with Gasteiger partial charge in [-0.3, -0.25) is 0 Å². The van der Waals surface area contributed by atoms with Crippen LogP contribution in [-0.4, -0.2) is 6.16 Å². The molecule has 0 radical (unpaired) electrons. The first-order chi connectivity index (χ1) is 9.63. The highest BCUT2D eigenvalue weighted by molar-refractivity contribution is 5.67. The topological polar surface area (TPSA) is 35.5 Å². The lowest BCUT2D eigenvalue weighted by Gasteiger charge is -2.07. The van der Waals surface area contributed by atoms with Gasteiger partial charge < -0.3 is 9.47 Å². The minimum Gasteiger partial charge on any atom is -0.395 e. The summed E-state index contributed by atoms with van der Waals surface area (Å²) in [5.74, 6) is 1.55. The van der Waals surface area contributed by atoms with Gasteiger partial charge in [0.2, 0.25) is 0 Å². The first-order valence-corrected chi connectivity index (χ1v) is 6.67. The predicted molar refractivity (Wildman–Crippen MR) is 78.1 cm³/mol. The van der Waals surface area contributed by atoms with E-state index >= 15 is 0 Å². The van der Waals surface area contributed by atoms with E-state index in [9.17, 15) is 4.79 Å². The lowest BCUT2D eigenvalue weighted by Crippen LogP contribution is -2.13. The molecule has 0 spiro atoms. The molecule has 0 fully saturated rings. The number of ether oxygens (including phenoxy) is 2. The van der Waals surface area contributed by atoms with Gasteiger partial charge in [0, 0.05) is 0 Å². The van der Waals surface area contributed by atoms with Gasteiger partial charge in [0.1, 0.15) is 11.5 Å². The minimum absolute atomic E-state index is 0.467. The van der Waals surface area contributed by atoms with Crippen molar-refractivity contribution in [2.45, 2.75) is 20.3 Å². The number of carbonyl (C=O) groups excluding carboxylic acids is 1. The summed E-state index contributed by atoms with van der Waals surface area (Å²) >= 11 is 0. The van der Waals surface area contributed by atoms with Crippen LogP contribution in [0.25, 0.3) is 0 Å². The summed E-state index contributed by atoms with van der Waals surface area (Å²) in [5.41, 5.74) is 1.23. The molecule has 2 rings (SSSR count). The molecule has 0 amide bonds. The van der Waals surface area contributed by atoms with E-state index in [0.717, 1.165) is 6.42 Å². The Kier molecular flexibility index (Phi) is 4.77. The summed E-state index contributed by atoms with van der Waals surface area (Å²) in [6, 6.07) is 16.3. The second-order valence-electron chi connectivity index (χ2n) is 5.01. The molecule has 2 aromatic carbocycles. The molecule has 0 N–H and O–H groups in total. The van der Waals surface area contributed by atoms with Gasteiger partial charge in [-0.15, -0.1) is 0 Å². The number of rotatable bonds is 4. The fourth-order valence-electron chi connectivity index (χ4n) is 1.87. The smallest absolute Gasteiger partial charge is 0.395 e. The van der Waals surface area contributed by atoms with Gasteiger partial charge in [-0.1, -0.05) is 44.2 Å². The zero-order valence-electron chi connectivity index (χ0n) is 11.7. The molecular weight excluding hydrogens is 252 g/mol. The number of para-hydroxylation sites is 1. The van der Waals surface area contributed by atoms with Crippen LogP contribution < -0.4 is 9.47 Å². The van der Waals surface area contributed by atoms with Gasteiger partial charge in [0.25, 0.3) is 0 Å². The van der Waals surface area contributed by atoms with Crippen molar-refractivity contribution in [3.63, 3.8) is 0 Å². The van der Waals surface area contributed by atoms with Crippen LogP contribution in [0.5, 0.6) is 11.5 Å². The molecule has 0 bridgehead atoms. The molecule has 0 heterocycles. The lowest BCUT2D eigenvalue weighted by molar-refractivity contribution is 0.152. The van der Waals surface area contributed by atoms with Crippen molar-refractivity contribution >= 4 is 6.16 Å². The molecule has 3 nitrogen and oxygen atoms in total. The van der Waals surface area contributed by atoms with Crippen molar-refractivity contribution in [1.29, 1.82) is 0 Å². The van der Waals surface area contributed by atoms with Gasteiger partial charge in [-0.2, -0.15) is 0 Å². The highest BCUT2D eigenvalue weighted by Crippen LogP contribution is 2.16. The molecule has 3 heteroatoms. The van der Waals surface area contributed by atoms with Gasteiger partial charge in [0.05, 0.1) is 0 Å². The van der Waals surface area contributed by atoms with E-state index in [-0.39, 0.29) is 0 Å². The van der Waals surface area contributed by atoms with Crippen LogP contribution in [0, 0.1) is 5.92 Å². The lowest BCUT2D eigenvalue weighted by atomic mass is 10.0. The van der Waals surface area contributed by atoms with Crippen molar-refractivity contribution in [3.05, 3.63) is 60.2 Å². The average Bonchev–Trinajstić information content (AvgIpc) is 2.41. The van der Waals surface area contributed by atoms with Gasteiger partial charge in [0.15, 0.2) is 0 Å². The maximum absolute atomic E-state index is 11.6. The Morgan fingerprint density at radius 2 is 1.45 bits per heavy atom. The molecule has 0 unspecified atom stereocenters. The van der Waals surface area contributed by atoms with E-state index in [1.54, 1.807) is 36.4 Å². The van der Waals surface area contributed by atoms with E-state index in [1.807, 2.05) is 18.2 Å².